The van der Waals surface area contributed by atoms with Crippen LogP contribution in [0.3, 0.4) is 0 Å². The van der Waals surface area contributed by atoms with Gasteiger partial charge in [-0.05, 0) is 50.1 Å². The van der Waals surface area contributed by atoms with E-state index < -0.39 is 0 Å². The number of hydrogen-bond donors (Lipinski definition) is 1. The first-order valence-electron chi connectivity index (χ1n) is 6.74. The molecule has 100 valence electrons. The molecule has 0 saturated heterocycles. The van der Waals surface area contributed by atoms with E-state index in [9.17, 15) is 4.39 Å². The van der Waals surface area contributed by atoms with Crippen molar-refractivity contribution < 1.29 is 9.13 Å². The summed E-state index contributed by atoms with van der Waals surface area (Å²) in [6, 6.07) is 5.32. The fourth-order valence-corrected chi connectivity index (χ4v) is 2.62. The fourth-order valence-electron chi connectivity index (χ4n) is 2.62. The van der Waals surface area contributed by atoms with Crippen LogP contribution in [0.5, 0.6) is 0 Å². The van der Waals surface area contributed by atoms with Gasteiger partial charge in [0.15, 0.2) is 0 Å². The van der Waals surface area contributed by atoms with E-state index >= 15 is 0 Å². The lowest BCUT2D eigenvalue weighted by atomic mass is 9.92. The van der Waals surface area contributed by atoms with Crippen molar-refractivity contribution in [1.82, 2.24) is 5.32 Å². The van der Waals surface area contributed by atoms with Crippen LogP contribution in [0.15, 0.2) is 18.2 Å². The van der Waals surface area contributed by atoms with Crippen LogP contribution < -0.4 is 5.32 Å². The van der Waals surface area contributed by atoms with Crippen molar-refractivity contribution in [2.45, 2.75) is 51.4 Å². The topological polar surface area (TPSA) is 21.3 Å². The van der Waals surface area contributed by atoms with Gasteiger partial charge in [0.2, 0.25) is 0 Å². The lowest BCUT2D eigenvalue weighted by Gasteiger charge is -2.31. The highest BCUT2D eigenvalue weighted by molar-refractivity contribution is 5.25. The largest absolute Gasteiger partial charge is 0.372 e. The van der Waals surface area contributed by atoms with E-state index in [2.05, 4.69) is 5.32 Å². The van der Waals surface area contributed by atoms with Crippen molar-refractivity contribution in [2.75, 3.05) is 7.05 Å². The summed E-state index contributed by atoms with van der Waals surface area (Å²) in [6.07, 6.45) is 5.02. The minimum Gasteiger partial charge on any atom is -0.372 e. The smallest absolute Gasteiger partial charge is 0.123 e. The van der Waals surface area contributed by atoms with Crippen molar-refractivity contribution in [2.24, 2.45) is 0 Å². The van der Waals surface area contributed by atoms with E-state index in [1.54, 1.807) is 6.07 Å². The first-order valence-corrected chi connectivity index (χ1v) is 6.74. The Morgan fingerprint density at radius 1 is 1.33 bits per heavy atom. The van der Waals surface area contributed by atoms with Gasteiger partial charge in [-0.25, -0.2) is 4.39 Å². The molecule has 18 heavy (non-hydrogen) atoms. The average molecular weight is 251 g/mol. The highest BCUT2D eigenvalue weighted by Crippen LogP contribution is 2.23. The van der Waals surface area contributed by atoms with E-state index in [-0.39, 0.29) is 11.9 Å². The highest BCUT2D eigenvalue weighted by Gasteiger charge is 2.24. The van der Waals surface area contributed by atoms with Gasteiger partial charge >= 0.3 is 0 Å². The summed E-state index contributed by atoms with van der Waals surface area (Å²) >= 11 is 0. The monoisotopic (exact) mass is 251 g/mol. The molecule has 1 fully saturated rings. The van der Waals surface area contributed by atoms with E-state index in [4.69, 9.17) is 4.74 Å². The lowest BCUT2D eigenvalue weighted by molar-refractivity contribution is -0.00389. The SMILES string of the molecule is CNC1CCCCC1OCc1cc(F)ccc1C. The Kier molecular flexibility index (Phi) is 4.72. The van der Waals surface area contributed by atoms with E-state index in [1.807, 2.05) is 20.0 Å². The maximum absolute atomic E-state index is 13.2. The summed E-state index contributed by atoms with van der Waals surface area (Å²) in [5, 5.41) is 3.32. The standard InChI is InChI=1S/C15H22FNO/c1-11-7-8-13(16)9-12(11)10-18-15-6-4-3-5-14(15)17-2/h7-9,14-15,17H,3-6,10H2,1-2H3. The first-order chi connectivity index (χ1) is 8.70. The van der Waals surface area contributed by atoms with Gasteiger partial charge in [0.05, 0.1) is 12.7 Å². The number of benzene rings is 1. The van der Waals surface area contributed by atoms with Gasteiger partial charge in [0.1, 0.15) is 5.82 Å². The number of ether oxygens (including phenoxy) is 1. The molecular formula is C15H22FNO. The molecule has 0 radical (unpaired) electrons. The molecule has 0 aliphatic heterocycles. The molecule has 0 bridgehead atoms. The minimum absolute atomic E-state index is 0.187. The molecule has 2 unspecified atom stereocenters. The van der Waals surface area contributed by atoms with Gasteiger partial charge < -0.3 is 10.1 Å². The summed E-state index contributed by atoms with van der Waals surface area (Å²) in [7, 11) is 1.99. The molecule has 2 nitrogen and oxygen atoms in total. The van der Waals surface area contributed by atoms with E-state index in [0.29, 0.717) is 12.6 Å². The van der Waals surface area contributed by atoms with Crippen LogP contribution in [-0.2, 0) is 11.3 Å². The van der Waals surface area contributed by atoms with Crippen LogP contribution in [0.2, 0.25) is 0 Å². The number of halogens is 1. The molecule has 1 saturated carbocycles. The molecule has 1 N–H and O–H groups in total. The van der Waals surface area contributed by atoms with Crippen LogP contribution >= 0.6 is 0 Å². The molecular weight excluding hydrogens is 229 g/mol. The Hall–Kier alpha value is -0.930. The molecule has 0 aromatic heterocycles. The minimum atomic E-state index is -0.187. The van der Waals surface area contributed by atoms with Crippen molar-refractivity contribution in [3.05, 3.63) is 35.1 Å². The highest BCUT2D eigenvalue weighted by atomic mass is 19.1. The van der Waals surface area contributed by atoms with Crippen LogP contribution in [0.4, 0.5) is 4.39 Å². The fraction of sp³-hybridized carbons (Fsp3) is 0.600. The quantitative estimate of drug-likeness (QED) is 0.887. The number of likely N-dealkylation sites (N-methyl/N-ethyl adjacent to an activating group) is 1. The van der Waals surface area contributed by atoms with Gasteiger partial charge in [-0.3, -0.25) is 0 Å². The lowest BCUT2D eigenvalue weighted by Crippen LogP contribution is -2.41. The van der Waals surface area contributed by atoms with Gasteiger partial charge in [-0.2, -0.15) is 0 Å². The molecule has 1 aliphatic carbocycles. The molecule has 3 heteroatoms. The Morgan fingerprint density at radius 3 is 2.89 bits per heavy atom. The summed E-state index contributed by atoms with van der Waals surface area (Å²) < 4.78 is 19.2. The Bertz CT molecular complexity index is 394. The molecule has 0 heterocycles. The zero-order chi connectivity index (χ0) is 13.0. The van der Waals surface area contributed by atoms with Gasteiger partial charge in [0.25, 0.3) is 0 Å². The summed E-state index contributed by atoms with van der Waals surface area (Å²) in [6.45, 7) is 2.50. The second kappa shape index (κ2) is 6.30. The number of hydrogen-bond acceptors (Lipinski definition) is 2. The Labute approximate surface area is 109 Å². The first kappa shape index (κ1) is 13.5. The summed E-state index contributed by atoms with van der Waals surface area (Å²) in [5.74, 6) is -0.187. The maximum atomic E-state index is 13.2. The zero-order valence-electron chi connectivity index (χ0n) is 11.2. The predicted molar refractivity (Wildman–Crippen MR) is 71.0 cm³/mol. The van der Waals surface area contributed by atoms with Crippen molar-refractivity contribution in [3.63, 3.8) is 0 Å². The molecule has 0 amide bonds. The summed E-state index contributed by atoms with van der Waals surface area (Å²) in [4.78, 5) is 0. The van der Waals surface area contributed by atoms with E-state index in [1.165, 1.54) is 25.3 Å². The van der Waals surface area contributed by atoms with Crippen LogP contribution in [-0.4, -0.2) is 19.2 Å². The molecule has 1 aromatic carbocycles. The Morgan fingerprint density at radius 2 is 2.11 bits per heavy atom. The van der Waals surface area contributed by atoms with Gasteiger partial charge in [-0.1, -0.05) is 18.9 Å². The average Bonchev–Trinajstić information content (AvgIpc) is 2.40. The number of rotatable bonds is 4. The van der Waals surface area contributed by atoms with Gasteiger partial charge in [-0.15, -0.1) is 0 Å². The second-order valence-corrected chi connectivity index (χ2v) is 5.10. The number of aryl methyl sites for hydroxylation is 1. The number of nitrogens with one attached hydrogen (secondary N) is 1. The molecule has 1 aromatic rings. The van der Waals surface area contributed by atoms with Crippen LogP contribution in [0.25, 0.3) is 0 Å². The summed E-state index contributed by atoms with van der Waals surface area (Å²) in [5.41, 5.74) is 2.05. The van der Waals surface area contributed by atoms with E-state index in [0.717, 1.165) is 17.5 Å². The van der Waals surface area contributed by atoms with Gasteiger partial charge in [0, 0.05) is 6.04 Å². The third-order valence-electron chi connectivity index (χ3n) is 3.84. The van der Waals surface area contributed by atoms with Crippen molar-refractivity contribution >= 4 is 0 Å². The molecule has 2 rings (SSSR count). The normalized spacial score (nSPS) is 24.2. The van der Waals surface area contributed by atoms with Crippen LogP contribution in [0, 0.1) is 12.7 Å². The Balaban J connectivity index is 1.95. The van der Waals surface area contributed by atoms with Crippen LogP contribution in [0.1, 0.15) is 36.8 Å². The molecule has 2 atom stereocenters. The third-order valence-corrected chi connectivity index (χ3v) is 3.84. The molecule has 1 aliphatic rings. The van der Waals surface area contributed by atoms with Crippen molar-refractivity contribution in [3.8, 4) is 0 Å². The second-order valence-electron chi connectivity index (χ2n) is 5.10. The maximum Gasteiger partial charge on any atom is 0.123 e. The zero-order valence-corrected chi connectivity index (χ0v) is 11.2. The van der Waals surface area contributed by atoms with Crippen molar-refractivity contribution in [1.29, 1.82) is 0 Å². The third kappa shape index (κ3) is 3.30. The molecule has 0 spiro atoms. The predicted octanol–water partition coefficient (Wildman–Crippen LogP) is 3.18.